The van der Waals surface area contributed by atoms with Crippen LogP contribution in [-0.4, -0.2) is 48.4 Å². The monoisotopic (exact) mass is 278 g/mol. The van der Waals surface area contributed by atoms with Crippen LogP contribution in [0.25, 0.3) is 10.9 Å². The van der Waals surface area contributed by atoms with Crippen molar-refractivity contribution in [2.24, 2.45) is 0 Å². The largest absolute Gasteiger partial charge is 0.395 e. The number of halogens is 1. The predicted molar refractivity (Wildman–Crippen MR) is 75.9 cm³/mol. The molecule has 108 valence electrons. The maximum absolute atomic E-state index is 13.7. The van der Waals surface area contributed by atoms with E-state index in [0.717, 1.165) is 5.56 Å². The second-order valence-electron chi connectivity index (χ2n) is 4.60. The van der Waals surface area contributed by atoms with Crippen LogP contribution in [0.2, 0.25) is 0 Å². The number of aliphatic hydroxyl groups is 1. The summed E-state index contributed by atoms with van der Waals surface area (Å²) in [5.41, 5.74) is 1.62. The highest BCUT2D eigenvalue weighted by Gasteiger charge is 2.11. The highest BCUT2D eigenvalue weighted by atomic mass is 19.1. The number of aromatic nitrogens is 1. The Morgan fingerprint density at radius 3 is 2.90 bits per heavy atom. The van der Waals surface area contributed by atoms with E-state index in [1.807, 2.05) is 0 Å². The summed E-state index contributed by atoms with van der Waals surface area (Å²) in [4.78, 5) is 6.34. The Hall–Kier alpha value is -1.56. The van der Waals surface area contributed by atoms with Gasteiger partial charge in [0.05, 0.1) is 18.7 Å². The van der Waals surface area contributed by atoms with Gasteiger partial charge in [-0.1, -0.05) is 6.07 Å². The van der Waals surface area contributed by atoms with Crippen molar-refractivity contribution in [1.82, 2.24) is 9.88 Å². The van der Waals surface area contributed by atoms with Gasteiger partial charge < -0.3 is 9.84 Å². The first-order chi connectivity index (χ1) is 9.76. The molecule has 1 heterocycles. The molecule has 1 aromatic heterocycles. The number of fused-ring (bicyclic) bond motifs is 1. The number of ether oxygens (including phenoxy) is 1. The Morgan fingerprint density at radius 1 is 1.30 bits per heavy atom. The molecule has 20 heavy (non-hydrogen) atoms. The topological polar surface area (TPSA) is 45.6 Å². The van der Waals surface area contributed by atoms with Crippen molar-refractivity contribution in [3.8, 4) is 0 Å². The molecule has 2 rings (SSSR count). The lowest BCUT2D eigenvalue weighted by Crippen LogP contribution is -2.30. The molecule has 0 saturated heterocycles. The normalized spacial score (nSPS) is 11.4. The molecule has 0 spiro atoms. The minimum Gasteiger partial charge on any atom is -0.395 e. The summed E-state index contributed by atoms with van der Waals surface area (Å²) in [5, 5.41) is 9.64. The van der Waals surface area contributed by atoms with E-state index in [0.29, 0.717) is 37.1 Å². The molecule has 0 radical (unpaired) electrons. The molecule has 0 unspecified atom stereocenters. The van der Waals surface area contributed by atoms with Crippen LogP contribution < -0.4 is 0 Å². The minimum atomic E-state index is -0.262. The fraction of sp³-hybridized carbons (Fsp3) is 0.400. The third-order valence-electron chi connectivity index (χ3n) is 3.22. The molecule has 0 fully saturated rings. The number of pyridine rings is 1. The first kappa shape index (κ1) is 14.8. The van der Waals surface area contributed by atoms with Crippen LogP contribution in [0.15, 0.2) is 30.5 Å². The highest BCUT2D eigenvalue weighted by molar-refractivity contribution is 5.82. The van der Waals surface area contributed by atoms with Gasteiger partial charge in [-0.15, -0.1) is 0 Å². The smallest absolute Gasteiger partial charge is 0.132 e. The second kappa shape index (κ2) is 7.28. The maximum Gasteiger partial charge on any atom is 0.132 e. The van der Waals surface area contributed by atoms with Crippen LogP contribution >= 0.6 is 0 Å². The molecule has 5 heteroatoms. The molecule has 0 amide bonds. The summed E-state index contributed by atoms with van der Waals surface area (Å²) in [6, 6.07) is 6.67. The molecular weight excluding hydrogens is 259 g/mol. The van der Waals surface area contributed by atoms with Crippen molar-refractivity contribution in [1.29, 1.82) is 0 Å². The highest BCUT2D eigenvalue weighted by Crippen LogP contribution is 2.20. The summed E-state index contributed by atoms with van der Waals surface area (Å²) in [6.07, 6.45) is 1.66. The van der Waals surface area contributed by atoms with Gasteiger partial charge in [-0.3, -0.25) is 9.88 Å². The number of nitrogens with zero attached hydrogens (tertiary/aromatic N) is 2. The van der Waals surface area contributed by atoms with E-state index in [9.17, 15) is 4.39 Å². The van der Waals surface area contributed by atoms with Crippen LogP contribution in [0.3, 0.4) is 0 Å². The Bertz CT molecular complexity index is 563. The van der Waals surface area contributed by atoms with Gasteiger partial charge in [0.15, 0.2) is 0 Å². The van der Waals surface area contributed by atoms with Crippen molar-refractivity contribution in [3.63, 3.8) is 0 Å². The molecule has 0 aliphatic rings. The molecule has 1 aromatic carbocycles. The number of methoxy groups -OCH3 is 1. The van der Waals surface area contributed by atoms with Crippen LogP contribution in [0.4, 0.5) is 4.39 Å². The maximum atomic E-state index is 13.7. The first-order valence-electron chi connectivity index (χ1n) is 6.60. The molecule has 0 saturated carbocycles. The van der Waals surface area contributed by atoms with Crippen LogP contribution in [0, 0.1) is 5.82 Å². The van der Waals surface area contributed by atoms with Crippen molar-refractivity contribution in [2.45, 2.75) is 6.54 Å². The van der Waals surface area contributed by atoms with E-state index in [-0.39, 0.29) is 12.4 Å². The molecule has 0 aliphatic heterocycles. The zero-order chi connectivity index (χ0) is 14.4. The van der Waals surface area contributed by atoms with Crippen LogP contribution in [0.1, 0.15) is 5.56 Å². The lowest BCUT2D eigenvalue weighted by molar-refractivity contribution is 0.127. The standard InChI is InChI=1S/C15H19FN2O2/c1-20-10-8-18(7-9-19)11-12-4-5-14(16)13-3-2-6-17-15(12)13/h2-6,19H,7-11H2,1H3. The molecule has 0 atom stereocenters. The fourth-order valence-electron chi connectivity index (χ4n) is 2.20. The zero-order valence-electron chi connectivity index (χ0n) is 11.6. The third kappa shape index (κ3) is 3.50. The van der Waals surface area contributed by atoms with Gasteiger partial charge in [0.25, 0.3) is 0 Å². The van der Waals surface area contributed by atoms with E-state index in [2.05, 4.69) is 9.88 Å². The summed E-state index contributed by atoms with van der Waals surface area (Å²) in [7, 11) is 1.64. The SMILES string of the molecule is COCCN(CCO)Cc1ccc(F)c2cccnc12. The average molecular weight is 278 g/mol. The van der Waals surface area contributed by atoms with E-state index in [4.69, 9.17) is 9.84 Å². The van der Waals surface area contributed by atoms with Crippen LogP contribution in [0.5, 0.6) is 0 Å². The van der Waals surface area contributed by atoms with Gasteiger partial charge in [0.1, 0.15) is 5.82 Å². The van der Waals surface area contributed by atoms with E-state index < -0.39 is 0 Å². The quantitative estimate of drug-likeness (QED) is 0.839. The van der Waals surface area contributed by atoms with E-state index >= 15 is 0 Å². The molecular formula is C15H19FN2O2. The molecule has 1 N–H and O–H groups in total. The zero-order valence-corrected chi connectivity index (χ0v) is 11.6. The fourth-order valence-corrected chi connectivity index (χ4v) is 2.20. The predicted octanol–water partition coefficient (Wildman–Crippen LogP) is 1.81. The number of hydrogen-bond donors (Lipinski definition) is 1. The Balaban J connectivity index is 2.25. The summed E-state index contributed by atoms with van der Waals surface area (Å²) >= 11 is 0. The van der Waals surface area contributed by atoms with Crippen LogP contribution in [-0.2, 0) is 11.3 Å². The van der Waals surface area contributed by atoms with Gasteiger partial charge in [-0.2, -0.15) is 0 Å². The lowest BCUT2D eigenvalue weighted by Gasteiger charge is -2.21. The van der Waals surface area contributed by atoms with E-state index in [1.54, 1.807) is 31.5 Å². The van der Waals surface area contributed by atoms with Gasteiger partial charge in [0, 0.05) is 38.3 Å². The van der Waals surface area contributed by atoms with Crippen molar-refractivity contribution < 1.29 is 14.2 Å². The Labute approximate surface area is 117 Å². The molecule has 0 aliphatic carbocycles. The summed E-state index contributed by atoms with van der Waals surface area (Å²) < 4.78 is 18.8. The van der Waals surface area contributed by atoms with Crippen molar-refractivity contribution >= 4 is 10.9 Å². The summed E-state index contributed by atoms with van der Waals surface area (Å²) in [5.74, 6) is -0.262. The first-order valence-corrected chi connectivity index (χ1v) is 6.60. The van der Waals surface area contributed by atoms with Crippen molar-refractivity contribution in [2.75, 3.05) is 33.4 Å². The lowest BCUT2D eigenvalue weighted by atomic mass is 10.1. The van der Waals surface area contributed by atoms with Crippen molar-refractivity contribution in [3.05, 3.63) is 41.8 Å². The van der Waals surface area contributed by atoms with Gasteiger partial charge >= 0.3 is 0 Å². The molecule has 0 bridgehead atoms. The second-order valence-corrected chi connectivity index (χ2v) is 4.60. The molecule has 2 aromatic rings. The minimum absolute atomic E-state index is 0.0796. The van der Waals surface area contributed by atoms with Gasteiger partial charge in [-0.25, -0.2) is 4.39 Å². The van der Waals surface area contributed by atoms with Gasteiger partial charge in [-0.05, 0) is 23.8 Å². The third-order valence-corrected chi connectivity index (χ3v) is 3.22. The number of hydrogen-bond acceptors (Lipinski definition) is 4. The van der Waals surface area contributed by atoms with E-state index in [1.165, 1.54) is 6.07 Å². The Morgan fingerprint density at radius 2 is 2.15 bits per heavy atom. The van der Waals surface area contributed by atoms with Gasteiger partial charge in [0.2, 0.25) is 0 Å². The average Bonchev–Trinajstić information content (AvgIpc) is 2.48. The summed E-state index contributed by atoms with van der Waals surface area (Å²) in [6.45, 7) is 2.54. The number of rotatable bonds is 7. The number of benzene rings is 1. The molecule has 4 nitrogen and oxygen atoms in total. The Kier molecular flexibility index (Phi) is 5.40. The number of aliphatic hydroxyl groups excluding tert-OH is 1.